The molecule has 0 fully saturated rings. The number of benzene rings is 1. The first-order chi connectivity index (χ1) is 7.09. The van der Waals surface area contributed by atoms with Crippen LogP contribution in [0.25, 0.3) is 0 Å². The zero-order valence-electron chi connectivity index (χ0n) is 8.82. The SMILES string of the molecule is CN(C)c1ccc(C#CCC(=O)O)cc1. The van der Waals surface area contributed by atoms with Gasteiger partial charge in [-0.05, 0) is 24.3 Å². The highest BCUT2D eigenvalue weighted by molar-refractivity contribution is 5.70. The summed E-state index contributed by atoms with van der Waals surface area (Å²) < 4.78 is 0. The van der Waals surface area contributed by atoms with E-state index in [1.807, 2.05) is 43.3 Å². The number of anilines is 1. The summed E-state index contributed by atoms with van der Waals surface area (Å²) in [6.45, 7) is 0. The standard InChI is InChI=1S/C12H13NO2/c1-13(2)11-8-6-10(7-9-11)4-3-5-12(14)15/h6-9H,5H2,1-2H3,(H,14,15). The normalized spacial score (nSPS) is 8.93. The molecular weight excluding hydrogens is 190 g/mol. The number of carbonyl (C=O) groups is 1. The molecule has 0 aromatic heterocycles. The minimum atomic E-state index is -0.896. The van der Waals surface area contributed by atoms with Crippen LogP contribution < -0.4 is 4.90 Å². The number of aliphatic carboxylic acids is 1. The van der Waals surface area contributed by atoms with E-state index in [1.165, 1.54) is 0 Å². The first-order valence-corrected chi connectivity index (χ1v) is 4.57. The Morgan fingerprint density at radius 2 is 1.93 bits per heavy atom. The number of carboxylic acid groups (broad SMARTS) is 1. The van der Waals surface area contributed by atoms with Crippen molar-refractivity contribution in [2.24, 2.45) is 0 Å². The maximum atomic E-state index is 10.2. The molecule has 0 amide bonds. The van der Waals surface area contributed by atoms with E-state index in [0.29, 0.717) is 0 Å². The van der Waals surface area contributed by atoms with Gasteiger partial charge in [-0.3, -0.25) is 4.79 Å². The molecule has 0 radical (unpaired) electrons. The molecule has 3 heteroatoms. The average molecular weight is 203 g/mol. The second-order valence-corrected chi connectivity index (χ2v) is 3.31. The van der Waals surface area contributed by atoms with E-state index in [0.717, 1.165) is 11.3 Å². The lowest BCUT2D eigenvalue weighted by atomic mass is 10.2. The third-order valence-corrected chi connectivity index (χ3v) is 1.86. The lowest BCUT2D eigenvalue weighted by molar-refractivity contribution is -0.135. The minimum absolute atomic E-state index is 0.116. The van der Waals surface area contributed by atoms with E-state index in [2.05, 4.69) is 11.8 Å². The molecular formula is C12H13NO2. The zero-order chi connectivity index (χ0) is 11.3. The number of hydrogen-bond donors (Lipinski definition) is 1. The molecule has 0 heterocycles. The summed E-state index contributed by atoms with van der Waals surface area (Å²) in [5.74, 6) is 4.48. The molecule has 0 aliphatic carbocycles. The molecule has 1 rings (SSSR count). The van der Waals surface area contributed by atoms with Crippen LogP contribution in [-0.4, -0.2) is 25.2 Å². The number of rotatable bonds is 2. The highest BCUT2D eigenvalue weighted by Crippen LogP contribution is 2.11. The highest BCUT2D eigenvalue weighted by Gasteiger charge is 1.93. The summed E-state index contributed by atoms with van der Waals surface area (Å²) in [6.07, 6.45) is -0.116. The van der Waals surface area contributed by atoms with Crippen molar-refractivity contribution in [3.8, 4) is 11.8 Å². The Hall–Kier alpha value is -1.95. The van der Waals surface area contributed by atoms with E-state index < -0.39 is 5.97 Å². The predicted molar refractivity (Wildman–Crippen MR) is 59.9 cm³/mol. The molecule has 0 unspecified atom stereocenters. The van der Waals surface area contributed by atoms with Gasteiger partial charge in [0.1, 0.15) is 6.42 Å². The maximum absolute atomic E-state index is 10.2. The first-order valence-electron chi connectivity index (χ1n) is 4.57. The lowest BCUT2D eigenvalue weighted by Gasteiger charge is -2.11. The molecule has 0 spiro atoms. The highest BCUT2D eigenvalue weighted by atomic mass is 16.4. The van der Waals surface area contributed by atoms with Crippen molar-refractivity contribution in [3.05, 3.63) is 29.8 Å². The third-order valence-electron chi connectivity index (χ3n) is 1.86. The molecule has 1 aromatic carbocycles. The van der Waals surface area contributed by atoms with Gasteiger partial charge in [0.15, 0.2) is 0 Å². The lowest BCUT2D eigenvalue weighted by Crippen LogP contribution is -2.07. The Morgan fingerprint density at radius 1 is 1.33 bits per heavy atom. The van der Waals surface area contributed by atoms with E-state index >= 15 is 0 Å². The van der Waals surface area contributed by atoms with E-state index in [4.69, 9.17) is 5.11 Å². The van der Waals surface area contributed by atoms with E-state index in [-0.39, 0.29) is 6.42 Å². The molecule has 1 aromatic rings. The quantitative estimate of drug-likeness (QED) is 0.742. The molecule has 0 saturated carbocycles. The molecule has 0 aliphatic heterocycles. The van der Waals surface area contributed by atoms with Gasteiger partial charge >= 0.3 is 5.97 Å². The summed E-state index contributed by atoms with van der Waals surface area (Å²) in [4.78, 5) is 12.2. The van der Waals surface area contributed by atoms with Crippen LogP contribution in [0.15, 0.2) is 24.3 Å². The summed E-state index contributed by atoms with van der Waals surface area (Å²) in [6, 6.07) is 7.66. The summed E-state index contributed by atoms with van der Waals surface area (Å²) in [7, 11) is 3.93. The topological polar surface area (TPSA) is 40.5 Å². The number of hydrogen-bond acceptors (Lipinski definition) is 2. The Morgan fingerprint density at radius 3 is 2.40 bits per heavy atom. The van der Waals surface area contributed by atoms with Gasteiger partial charge in [-0.2, -0.15) is 0 Å². The Balaban J connectivity index is 2.71. The van der Waals surface area contributed by atoms with Crippen LogP contribution in [0.2, 0.25) is 0 Å². The van der Waals surface area contributed by atoms with Gasteiger partial charge in [-0.15, -0.1) is 0 Å². The van der Waals surface area contributed by atoms with Crippen LogP contribution in [0.3, 0.4) is 0 Å². The van der Waals surface area contributed by atoms with Gasteiger partial charge in [0.05, 0.1) is 0 Å². The molecule has 3 nitrogen and oxygen atoms in total. The zero-order valence-corrected chi connectivity index (χ0v) is 8.82. The van der Waals surface area contributed by atoms with Gasteiger partial charge < -0.3 is 10.0 Å². The maximum Gasteiger partial charge on any atom is 0.315 e. The molecule has 1 N–H and O–H groups in total. The van der Waals surface area contributed by atoms with Gasteiger partial charge in [-0.1, -0.05) is 11.8 Å². The molecule has 0 atom stereocenters. The third kappa shape index (κ3) is 3.74. The van der Waals surface area contributed by atoms with Crippen LogP contribution in [-0.2, 0) is 4.79 Å². The second-order valence-electron chi connectivity index (χ2n) is 3.31. The Labute approximate surface area is 89.3 Å². The van der Waals surface area contributed by atoms with Crippen LogP contribution >= 0.6 is 0 Å². The largest absolute Gasteiger partial charge is 0.481 e. The number of carboxylic acids is 1. The van der Waals surface area contributed by atoms with Crippen LogP contribution in [0.5, 0.6) is 0 Å². The fourth-order valence-electron chi connectivity index (χ4n) is 1.06. The summed E-state index contributed by atoms with van der Waals surface area (Å²) in [5.41, 5.74) is 1.93. The van der Waals surface area contributed by atoms with Crippen molar-refractivity contribution in [1.29, 1.82) is 0 Å². The summed E-state index contributed by atoms with van der Waals surface area (Å²) >= 11 is 0. The molecule has 0 aliphatic rings. The van der Waals surface area contributed by atoms with Crippen molar-refractivity contribution < 1.29 is 9.90 Å². The van der Waals surface area contributed by atoms with Gasteiger partial charge in [-0.25, -0.2) is 0 Å². The monoisotopic (exact) mass is 203 g/mol. The first kappa shape index (κ1) is 11.1. The molecule has 0 bridgehead atoms. The molecule has 0 saturated heterocycles. The van der Waals surface area contributed by atoms with Crippen molar-refractivity contribution in [3.63, 3.8) is 0 Å². The Kier molecular flexibility index (Phi) is 3.75. The molecule has 78 valence electrons. The van der Waals surface area contributed by atoms with Crippen LogP contribution in [0.1, 0.15) is 12.0 Å². The minimum Gasteiger partial charge on any atom is -0.481 e. The number of nitrogens with zero attached hydrogens (tertiary/aromatic N) is 1. The molecule has 15 heavy (non-hydrogen) atoms. The fraction of sp³-hybridized carbons (Fsp3) is 0.250. The van der Waals surface area contributed by atoms with Gasteiger partial charge in [0.25, 0.3) is 0 Å². The van der Waals surface area contributed by atoms with Crippen molar-refractivity contribution in [2.45, 2.75) is 6.42 Å². The van der Waals surface area contributed by atoms with Gasteiger partial charge in [0.2, 0.25) is 0 Å². The summed E-state index contributed by atoms with van der Waals surface area (Å²) in [5, 5.41) is 8.40. The second kappa shape index (κ2) is 5.06. The van der Waals surface area contributed by atoms with Crippen molar-refractivity contribution in [1.82, 2.24) is 0 Å². The van der Waals surface area contributed by atoms with E-state index in [9.17, 15) is 4.79 Å². The Bertz CT molecular complexity index is 396. The smallest absolute Gasteiger partial charge is 0.315 e. The van der Waals surface area contributed by atoms with Crippen LogP contribution in [0, 0.1) is 11.8 Å². The fourth-order valence-corrected chi connectivity index (χ4v) is 1.06. The van der Waals surface area contributed by atoms with Crippen molar-refractivity contribution >= 4 is 11.7 Å². The van der Waals surface area contributed by atoms with Crippen molar-refractivity contribution in [2.75, 3.05) is 19.0 Å². The average Bonchev–Trinajstić information content (AvgIpc) is 2.18. The van der Waals surface area contributed by atoms with E-state index in [1.54, 1.807) is 0 Å². The van der Waals surface area contributed by atoms with Gasteiger partial charge in [0, 0.05) is 25.3 Å². The predicted octanol–water partition coefficient (Wildman–Crippen LogP) is 1.58. The van der Waals surface area contributed by atoms with Crippen LogP contribution in [0.4, 0.5) is 5.69 Å².